The topological polar surface area (TPSA) is 38.0 Å². The predicted molar refractivity (Wildman–Crippen MR) is 66.7 cm³/mol. The van der Waals surface area contributed by atoms with Crippen molar-refractivity contribution in [3.63, 3.8) is 0 Å². The van der Waals surface area contributed by atoms with E-state index in [1.165, 1.54) is 12.1 Å². The standard InChI is InChI=1S/C14H17F3N2/c15-14(16,17)12-4-2-1-3-11(12)9-5-10-7-19-8-13(10,18)6-9/h1-4,9-10,19H,5-8,18H2/t9-,10-,13-/m0/s1. The Bertz CT molecular complexity index is 486. The Hall–Kier alpha value is -1.07. The van der Waals surface area contributed by atoms with Crippen LogP contribution >= 0.6 is 0 Å². The van der Waals surface area contributed by atoms with Crippen LogP contribution in [0.25, 0.3) is 0 Å². The number of benzene rings is 1. The van der Waals surface area contributed by atoms with E-state index in [2.05, 4.69) is 5.32 Å². The highest BCUT2D eigenvalue weighted by Gasteiger charge is 2.49. The number of hydrogen-bond donors (Lipinski definition) is 2. The first-order valence-electron chi connectivity index (χ1n) is 6.56. The molecule has 2 nitrogen and oxygen atoms in total. The van der Waals surface area contributed by atoms with Crippen LogP contribution in [0.4, 0.5) is 13.2 Å². The molecule has 3 atom stereocenters. The average Bonchev–Trinajstić information content (AvgIpc) is 2.82. The highest BCUT2D eigenvalue weighted by molar-refractivity contribution is 5.35. The summed E-state index contributed by atoms with van der Waals surface area (Å²) < 4.78 is 39.1. The number of nitrogens with two attached hydrogens (primary N) is 1. The molecule has 1 saturated carbocycles. The summed E-state index contributed by atoms with van der Waals surface area (Å²) in [6, 6.07) is 5.90. The molecular weight excluding hydrogens is 253 g/mol. The molecule has 0 amide bonds. The first-order valence-corrected chi connectivity index (χ1v) is 6.56. The van der Waals surface area contributed by atoms with Gasteiger partial charge < -0.3 is 11.1 Å². The van der Waals surface area contributed by atoms with Crippen LogP contribution in [0, 0.1) is 5.92 Å². The van der Waals surface area contributed by atoms with Crippen LogP contribution in [-0.4, -0.2) is 18.6 Å². The highest BCUT2D eigenvalue weighted by atomic mass is 19.4. The van der Waals surface area contributed by atoms with Gasteiger partial charge in [0.25, 0.3) is 0 Å². The fourth-order valence-corrected chi connectivity index (χ4v) is 3.62. The molecule has 1 aromatic rings. The van der Waals surface area contributed by atoms with Gasteiger partial charge in [0.05, 0.1) is 5.56 Å². The number of nitrogens with one attached hydrogen (secondary N) is 1. The van der Waals surface area contributed by atoms with Gasteiger partial charge in [-0.2, -0.15) is 13.2 Å². The minimum atomic E-state index is -4.28. The quantitative estimate of drug-likeness (QED) is 0.823. The summed E-state index contributed by atoms with van der Waals surface area (Å²) in [5.74, 6) is 0.216. The molecule has 104 valence electrons. The summed E-state index contributed by atoms with van der Waals surface area (Å²) in [6.07, 6.45) is -2.90. The van der Waals surface area contributed by atoms with Gasteiger partial charge in [-0.25, -0.2) is 0 Å². The Morgan fingerprint density at radius 1 is 1.26 bits per heavy atom. The number of hydrogen-bond acceptors (Lipinski definition) is 2. The van der Waals surface area contributed by atoms with Crippen molar-refractivity contribution in [3.8, 4) is 0 Å². The van der Waals surface area contributed by atoms with Crippen LogP contribution < -0.4 is 11.1 Å². The molecule has 2 fully saturated rings. The second-order valence-electron chi connectivity index (χ2n) is 5.78. The molecule has 0 bridgehead atoms. The molecule has 5 heteroatoms. The van der Waals surface area contributed by atoms with Gasteiger partial charge >= 0.3 is 6.18 Å². The monoisotopic (exact) mass is 270 g/mol. The number of alkyl halides is 3. The largest absolute Gasteiger partial charge is 0.416 e. The minimum absolute atomic E-state index is 0.0741. The van der Waals surface area contributed by atoms with Crippen molar-refractivity contribution in [1.29, 1.82) is 0 Å². The molecular formula is C14H17F3N2. The lowest BCUT2D eigenvalue weighted by atomic mass is 9.90. The number of halogens is 3. The van der Waals surface area contributed by atoms with E-state index < -0.39 is 11.7 Å². The van der Waals surface area contributed by atoms with Crippen molar-refractivity contribution in [2.24, 2.45) is 11.7 Å². The lowest BCUT2D eigenvalue weighted by Gasteiger charge is -2.23. The lowest BCUT2D eigenvalue weighted by molar-refractivity contribution is -0.138. The van der Waals surface area contributed by atoms with E-state index in [1.54, 1.807) is 12.1 Å². The van der Waals surface area contributed by atoms with E-state index in [0.29, 0.717) is 24.4 Å². The summed E-state index contributed by atoms with van der Waals surface area (Å²) in [5.41, 5.74) is 5.89. The summed E-state index contributed by atoms with van der Waals surface area (Å²) in [5, 5.41) is 3.23. The van der Waals surface area contributed by atoms with E-state index in [-0.39, 0.29) is 11.5 Å². The second kappa shape index (κ2) is 4.21. The van der Waals surface area contributed by atoms with Gasteiger partial charge in [0.2, 0.25) is 0 Å². The third-order valence-electron chi connectivity index (χ3n) is 4.56. The van der Waals surface area contributed by atoms with Gasteiger partial charge in [0.15, 0.2) is 0 Å². The average molecular weight is 270 g/mol. The van der Waals surface area contributed by atoms with Crippen molar-refractivity contribution < 1.29 is 13.2 Å². The molecule has 1 saturated heterocycles. The number of fused-ring (bicyclic) bond motifs is 1. The van der Waals surface area contributed by atoms with E-state index in [4.69, 9.17) is 5.73 Å². The molecule has 3 rings (SSSR count). The third-order valence-corrected chi connectivity index (χ3v) is 4.56. The Balaban J connectivity index is 1.93. The molecule has 0 radical (unpaired) electrons. The maximum absolute atomic E-state index is 13.0. The smallest absolute Gasteiger partial charge is 0.324 e. The molecule has 0 spiro atoms. The summed E-state index contributed by atoms with van der Waals surface area (Å²) in [7, 11) is 0. The zero-order valence-electron chi connectivity index (χ0n) is 10.5. The van der Waals surface area contributed by atoms with Crippen molar-refractivity contribution in [2.75, 3.05) is 13.1 Å². The fraction of sp³-hybridized carbons (Fsp3) is 0.571. The molecule has 0 unspecified atom stereocenters. The Kier molecular flexibility index (Phi) is 2.87. The second-order valence-corrected chi connectivity index (χ2v) is 5.78. The molecule has 0 aromatic heterocycles. The maximum Gasteiger partial charge on any atom is 0.416 e. The molecule has 1 aliphatic carbocycles. The van der Waals surface area contributed by atoms with Crippen molar-refractivity contribution in [3.05, 3.63) is 35.4 Å². The summed E-state index contributed by atoms with van der Waals surface area (Å²) in [6.45, 7) is 1.53. The SMILES string of the molecule is N[C@@]12CNC[C@@H]1C[C@H](c1ccccc1C(F)(F)F)C2. The van der Waals surface area contributed by atoms with Gasteiger partial charge in [0.1, 0.15) is 0 Å². The van der Waals surface area contributed by atoms with Crippen molar-refractivity contribution in [1.82, 2.24) is 5.32 Å². The van der Waals surface area contributed by atoms with E-state index in [0.717, 1.165) is 13.0 Å². The van der Waals surface area contributed by atoms with E-state index in [9.17, 15) is 13.2 Å². The highest BCUT2D eigenvalue weighted by Crippen LogP contribution is 2.48. The van der Waals surface area contributed by atoms with E-state index in [1.807, 2.05) is 0 Å². The Labute approximate surface area is 110 Å². The fourth-order valence-electron chi connectivity index (χ4n) is 3.62. The minimum Gasteiger partial charge on any atom is -0.324 e. The Morgan fingerprint density at radius 2 is 2.00 bits per heavy atom. The van der Waals surface area contributed by atoms with Gasteiger partial charge in [-0.05, 0) is 42.9 Å². The lowest BCUT2D eigenvalue weighted by Crippen LogP contribution is -2.44. The van der Waals surface area contributed by atoms with E-state index >= 15 is 0 Å². The normalized spacial score (nSPS) is 34.5. The van der Waals surface area contributed by atoms with Gasteiger partial charge in [0, 0.05) is 12.1 Å². The molecule has 1 heterocycles. The Morgan fingerprint density at radius 3 is 2.68 bits per heavy atom. The first-order chi connectivity index (χ1) is 8.90. The van der Waals surface area contributed by atoms with Gasteiger partial charge in [-0.15, -0.1) is 0 Å². The van der Waals surface area contributed by atoms with Crippen LogP contribution in [0.2, 0.25) is 0 Å². The first kappa shape index (κ1) is 12.9. The molecule has 2 aliphatic rings. The van der Waals surface area contributed by atoms with Crippen molar-refractivity contribution in [2.45, 2.75) is 30.5 Å². The van der Waals surface area contributed by atoms with Crippen LogP contribution in [0.3, 0.4) is 0 Å². The maximum atomic E-state index is 13.0. The zero-order valence-corrected chi connectivity index (χ0v) is 10.5. The van der Waals surface area contributed by atoms with Crippen LogP contribution in [0.15, 0.2) is 24.3 Å². The van der Waals surface area contributed by atoms with Crippen molar-refractivity contribution >= 4 is 0 Å². The summed E-state index contributed by atoms with van der Waals surface area (Å²) in [4.78, 5) is 0. The van der Waals surface area contributed by atoms with Gasteiger partial charge in [-0.3, -0.25) is 0 Å². The molecule has 19 heavy (non-hydrogen) atoms. The predicted octanol–water partition coefficient (Wildman–Crippen LogP) is 2.50. The van der Waals surface area contributed by atoms with Crippen LogP contribution in [0.5, 0.6) is 0 Å². The molecule has 1 aliphatic heterocycles. The van der Waals surface area contributed by atoms with Gasteiger partial charge in [-0.1, -0.05) is 18.2 Å². The third kappa shape index (κ3) is 2.15. The number of rotatable bonds is 1. The summed E-state index contributed by atoms with van der Waals surface area (Å²) >= 11 is 0. The van der Waals surface area contributed by atoms with Crippen LogP contribution in [-0.2, 0) is 6.18 Å². The van der Waals surface area contributed by atoms with Crippen LogP contribution in [0.1, 0.15) is 29.9 Å². The molecule has 1 aromatic carbocycles. The molecule has 3 N–H and O–H groups in total. The zero-order chi connectivity index (χ0) is 13.7.